The average molecular weight is 277 g/mol. The van der Waals surface area contributed by atoms with E-state index in [9.17, 15) is 9.90 Å². The van der Waals surface area contributed by atoms with Crippen molar-refractivity contribution in [1.82, 2.24) is 4.98 Å². The summed E-state index contributed by atoms with van der Waals surface area (Å²) in [5.74, 6) is -0.958. The monoisotopic (exact) mass is 277 g/mol. The molecule has 1 aromatic carbocycles. The molecule has 100 valence electrons. The number of methoxy groups -OCH3 is 1. The number of hydrogen-bond donors (Lipinski definition) is 1. The van der Waals surface area contributed by atoms with Gasteiger partial charge in [-0.25, -0.2) is 9.78 Å². The highest BCUT2D eigenvalue weighted by atomic mass is 32.1. The van der Waals surface area contributed by atoms with Crippen LogP contribution in [-0.2, 0) is 11.3 Å². The Hall–Kier alpha value is -1.72. The third-order valence-electron chi connectivity index (χ3n) is 2.78. The largest absolute Gasteiger partial charge is 0.477 e. The van der Waals surface area contributed by atoms with E-state index in [0.29, 0.717) is 5.69 Å². The van der Waals surface area contributed by atoms with E-state index >= 15 is 0 Å². The Morgan fingerprint density at radius 1 is 1.42 bits per heavy atom. The molecule has 1 heterocycles. The van der Waals surface area contributed by atoms with Gasteiger partial charge in [-0.1, -0.05) is 23.8 Å². The van der Waals surface area contributed by atoms with Crippen LogP contribution in [0.1, 0.15) is 26.5 Å². The molecule has 5 heteroatoms. The molecule has 0 spiro atoms. The van der Waals surface area contributed by atoms with Crippen molar-refractivity contribution in [1.29, 1.82) is 0 Å². The van der Waals surface area contributed by atoms with Gasteiger partial charge in [0.2, 0.25) is 0 Å². The van der Waals surface area contributed by atoms with Crippen LogP contribution in [0.3, 0.4) is 0 Å². The van der Waals surface area contributed by atoms with Crippen LogP contribution in [0.25, 0.3) is 10.6 Å². The van der Waals surface area contributed by atoms with Crippen LogP contribution in [0.2, 0.25) is 0 Å². The fourth-order valence-electron chi connectivity index (χ4n) is 1.92. The molecule has 1 aromatic heterocycles. The van der Waals surface area contributed by atoms with Crippen molar-refractivity contribution in [2.75, 3.05) is 7.11 Å². The molecule has 0 unspecified atom stereocenters. The molecule has 0 aliphatic rings. The van der Waals surface area contributed by atoms with Crippen molar-refractivity contribution >= 4 is 17.3 Å². The highest BCUT2D eigenvalue weighted by Gasteiger charge is 2.18. The molecule has 0 aliphatic heterocycles. The second-order valence-electron chi connectivity index (χ2n) is 4.35. The zero-order valence-electron chi connectivity index (χ0n) is 11.1. The van der Waals surface area contributed by atoms with E-state index in [-0.39, 0.29) is 11.5 Å². The fraction of sp³-hybridized carbons (Fsp3) is 0.286. The first-order chi connectivity index (χ1) is 9.02. The number of thiazole rings is 1. The maximum absolute atomic E-state index is 11.2. The van der Waals surface area contributed by atoms with Crippen molar-refractivity contribution in [3.8, 4) is 10.6 Å². The van der Waals surface area contributed by atoms with Gasteiger partial charge in [0.15, 0.2) is 0 Å². The van der Waals surface area contributed by atoms with Crippen LogP contribution in [0.4, 0.5) is 0 Å². The van der Waals surface area contributed by atoms with E-state index in [1.165, 1.54) is 24.0 Å². The number of benzene rings is 1. The third-order valence-corrected chi connectivity index (χ3v) is 3.90. The quantitative estimate of drug-likeness (QED) is 0.931. The molecule has 0 saturated carbocycles. The third kappa shape index (κ3) is 2.83. The molecule has 0 radical (unpaired) electrons. The van der Waals surface area contributed by atoms with Crippen LogP contribution in [0, 0.1) is 13.8 Å². The van der Waals surface area contributed by atoms with Gasteiger partial charge in [-0.15, -0.1) is 11.3 Å². The summed E-state index contributed by atoms with van der Waals surface area (Å²) in [4.78, 5) is 15.8. The Morgan fingerprint density at radius 2 is 2.16 bits per heavy atom. The summed E-state index contributed by atoms with van der Waals surface area (Å²) in [6.07, 6.45) is 0. The van der Waals surface area contributed by atoms with Crippen molar-refractivity contribution in [3.05, 3.63) is 39.9 Å². The number of nitrogens with zero attached hydrogens (tertiary/aromatic N) is 1. The molecular weight excluding hydrogens is 262 g/mol. The Morgan fingerprint density at radius 3 is 2.74 bits per heavy atom. The van der Waals surface area contributed by atoms with Crippen molar-refractivity contribution < 1.29 is 14.6 Å². The van der Waals surface area contributed by atoms with Crippen LogP contribution < -0.4 is 0 Å². The number of carboxylic acid groups (broad SMARTS) is 1. The lowest BCUT2D eigenvalue weighted by atomic mass is 10.1. The second kappa shape index (κ2) is 5.50. The molecule has 0 atom stereocenters. The molecule has 4 nitrogen and oxygen atoms in total. The van der Waals surface area contributed by atoms with Gasteiger partial charge in [-0.2, -0.15) is 0 Å². The second-order valence-corrected chi connectivity index (χ2v) is 5.35. The normalized spacial score (nSPS) is 10.7. The van der Waals surface area contributed by atoms with E-state index in [2.05, 4.69) is 11.1 Å². The smallest absolute Gasteiger partial charge is 0.347 e. The lowest BCUT2D eigenvalue weighted by molar-refractivity contribution is 0.0697. The van der Waals surface area contributed by atoms with Gasteiger partial charge in [0.05, 0.1) is 12.3 Å². The number of rotatable bonds is 4. The van der Waals surface area contributed by atoms with Crippen LogP contribution in [0.5, 0.6) is 0 Å². The van der Waals surface area contributed by atoms with Crippen LogP contribution >= 0.6 is 11.3 Å². The lowest BCUT2D eigenvalue weighted by Crippen LogP contribution is -1.99. The maximum Gasteiger partial charge on any atom is 0.347 e. The van der Waals surface area contributed by atoms with E-state index < -0.39 is 5.97 Å². The van der Waals surface area contributed by atoms with E-state index in [1.54, 1.807) is 0 Å². The molecule has 2 aromatic rings. The van der Waals surface area contributed by atoms with Gasteiger partial charge in [0, 0.05) is 12.7 Å². The molecule has 19 heavy (non-hydrogen) atoms. The van der Waals surface area contributed by atoms with Gasteiger partial charge in [0.25, 0.3) is 0 Å². The van der Waals surface area contributed by atoms with Gasteiger partial charge in [0.1, 0.15) is 9.88 Å². The summed E-state index contributed by atoms with van der Waals surface area (Å²) in [5.41, 5.74) is 3.72. The van der Waals surface area contributed by atoms with E-state index in [0.717, 1.165) is 16.1 Å². The SMILES string of the molecule is COCc1nc(-c2ccc(C)cc2C)sc1C(=O)O. The Bertz CT molecular complexity index is 619. The minimum absolute atomic E-state index is 0.211. The number of carbonyl (C=O) groups is 1. The van der Waals surface area contributed by atoms with Gasteiger partial charge in [-0.05, 0) is 19.4 Å². The van der Waals surface area contributed by atoms with Crippen molar-refractivity contribution in [2.24, 2.45) is 0 Å². The number of aromatic carboxylic acids is 1. The molecule has 0 fully saturated rings. The first kappa shape index (κ1) is 13.7. The van der Waals surface area contributed by atoms with Gasteiger partial charge in [-0.3, -0.25) is 0 Å². The van der Waals surface area contributed by atoms with Crippen molar-refractivity contribution in [3.63, 3.8) is 0 Å². The van der Waals surface area contributed by atoms with Crippen LogP contribution in [0.15, 0.2) is 18.2 Å². The molecule has 0 aliphatic carbocycles. The summed E-state index contributed by atoms with van der Waals surface area (Å²) in [6, 6.07) is 6.04. The highest BCUT2D eigenvalue weighted by Crippen LogP contribution is 2.31. The number of aryl methyl sites for hydroxylation is 2. The lowest BCUT2D eigenvalue weighted by Gasteiger charge is -2.02. The Labute approximate surface area is 115 Å². The average Bonchev–Trinajstić information content (AvgIpc) is 2.73. The van der Waals surface area contributed by atoms with E-state index in [4.69, 9.17) is 4.74 Å². The predicted octanol–water partition coefficient (Wildman–Crippen LogP) is 3.27. The fourth-order valence-corrected chi connectivity index (χ4v) is 2.92. The molecular formula is C14H15NO3S. The molecule has 0 bridgehead atoms. The molecule has 0 saturated heterocycles. The number of carboxylic acids is 1. The molecule has 0 amide bonds. The van der Waals surface area contributed by atoms with Crippen molar-refractivity contribution in [2.45, 2.75) is 20.5 Å². The predicted molar refractivity (Wildman–Crippen MR) is 74.7 cm³/mol. The minimum atomic E-state index is -0.958. The summed E-state index contributed by atoms with van der Waals surface area (Å²) < 4.78 is 5.00. The first-order valence-corrected chi connectivity index (χ1v) is 6.64. The maximum atomic E-state index is 11.2. The standard InChI is InChI=1S/C14H15NO3S/c1-8-4-5-10(9(2)6-8)13-15-11(7-18-3)12(19-13)14(16)17/h4-6H,7H2,1-3H3,(H,16,17). The van der Waals surface area contributed by atoms with Gasteiger partial charge < -0.3 is 9.84 Å². The number of aromatic nitrogens is 1. The first-order valence-electron chi connectivity index (χ1n) is 5.82. The van der Waals surface area contributed by atoms with E-state index in [1.807, 2.05) is 26.0 Å². The highest BCUT2D eigenvalue weighted by molar-refractivity contribution is 7.17. The number of hydrogen-bond acceptors (Lipinski definition) is 4. The topological polar surface area (TPSA) is 59.4 Å². The summed E-state index contributed by atoms with van der Waals surface area (Å²) >= 11 is 1.19. The summed E-state index contributed by atoms with van der Waals surface area (Å²) in [6.45, 7) is 4.24. The Kier molecular flexibility index (Phi) is 3.97. The summed E-state index contributed by atoms with van der Waals surface area (Å²) in [5, 5.41) is 9.90. The zero-order chi connectivity index (χ0) is 14.0. The molecule has 2 rings (SSSR count). The zero-order valence-corrected chi connectivity index (χ0v) is 11.9. The number of ether oxygens (including phenoxy) is 1. The molecule has 1 N–H and O–H groups in total. The summed E-state index contributed by atoms with van der Waals surface area (Å²) in [7, 11) is 1.53. The van der Waals surface area contributed by atoms with Gasteiger partial charge >= 0.3 is 5.97 Å². The van der Waals surface area contributed by atoms with Crippen LogP contribution in [-0.4, -0.2) is 23.2 Å². The Balaban J connectivity index is 2.50. The minimum Gasteiger partial charge on any atom is -0.477 e.